The summed E-state index contributed by atoms with van der Waals surface area (Å²) in [6.07, 6.45) is 2.54. The van der Waals surface area contributed by atoms with Crippen LogP contribution in [0.15, 0.2) is 0 Å². The third-order valence-electron chi connectivity index (χ3n) is 3.38. The third kappa shape index (κ3) is 2.90. The molecule has 2 saturated heterocycles. The molecule has 17 heavy (non-hydrogen) atoms. The monoisotopic (exact) mass is 243 g/mol. The molecule has 5 heteroatoms. The van der Waals surface area contributed by atoms with Crippen LogP contribution in [0.4, 0.5) is 4.79 Å². The molecule has 2 fully saturated rings. The second-order valence-corrected chi connectivity index (χ2v) is 4.72. The Bertz CT molecular complexity index is 276. The van der Waals surface area contributed by atoms with Crippen molar-refractivity contribution in [3.8, 4) is 0 Å². The molecule has 1 amide bonds. The highest BCUT2D eigenvalue weighted by Crippen LogP contribution is 2.31. The highest BCUT2D eigenvalue weighted by molar-refractivity contribution is 5.68. The first kappa shape index (κ1) is 12.6. The predicted molar refractivity (Wildman–Crippen MR) is 61.7 cm³/mol. The van der Waals surface area contributed by atoms with Crippen molar-refractivity contribution in [2.45, 2.75) is 44.9 Å². The van der Waals surface area contributed by atoms with Gasteiger partial charge in [-0.25, -0.2) is 4.79 Å². The SMILES string of the molecule is CCOC(=O)N1CCC[C@@H]1CC1(C)OCCO1. The van der Waals surface area contributed by atoms with Crippen molar-refractivity contribution in [2.75, 3.05) is 26.4 Å². The van der Waals surface area contributed by atoms with Gasteiger partial charge in [0.25, 0.3) is 0 Å². The Hall–Kier alpha value is -0.810. The van der Waals surface area contributed by atoms with E-state index in [1.54, 1.807) is 4.90 Å². The van der Waals surface area contributed by atoms with Crippen LogP contribution < -0.4 is 0 Å². The van der Waals surface area contributed by atoms with Crippen LogP contribution in [0.3, 0.4) is 0 Å². The topological polar surface area (TPSA) is 48.0 Å². The second-order valence-electron chi connectivity index (χ2n) is 4.72. The van der Waals surface area contributed by atoms with Crippen LogP contribution in [0.1, 0.15) is 33.1 Å². The molecule has 0 bridgehead atoms. The van der Waals surface area contributed by atoms with Crippen molar-refractivity contribution in [2.24, 2.45) is 0 Å². The fraction of sp³-hybridized carbons (Fsp3) is 0.917. The average molecular weight is 243 g/mol. The van der Waals surface area contributed by atoms with E-state index in [1.165, 1.54) is 0 Å². The molecular formula is C12H21NO4. The Kier molecular flexibility index (Phi) is 3.89. The minimum atomic E-state index is -0.528. The van der Waals surface area contributed by atoms with Gasteiger partial charge in [0, 0.05) is 19.0 Å². The van der Waals surface area contributed by atoms with Crippen LogP contribution in [-0.2, 0) is 14.2 Å². The van der Waals surface area contributed by atoms with Crippen molar-refractivity contribution >= 4 is 6.09 Å². The number of carbonyl (C=O) groups is 1. The van der Waals surface area contributed by atoms with Gasteiger partial charge in [-0.3, -0.25) is 0 Å². The van der Waals surface area contributed by atoms with Crippen molar-refractivity contribution in [1.29, 1.82) is 0 Å². The Morgan fingerprint density at radius 1 is 1.47 bits per heavy atom. The van der Waals surface area contributed by atoms with Crippen LogP contribution in [0.5, 0.6) is 0 Å². The zero-order chi connectivity index (χ0) is 12.3. The maximum absolute atomic E-state index is 11.8. The molecule has 0 unspecified atom stereocenters. The maximum atomic E-state index is 11.8. The molecule has 2 aliphatic heterocycles. The minimum absolute atomic E-state index is 0.178. The number of carbonyl (C=O) groups excluding carboxylic acids is 1. The van der Waals surface area contributed by atoms with E-state index >= 15 is 0 Å². The lowest BCUT2D eigenvalue weighted by molar-refractivity contribution is -0.154. The highest BCUT2D eigenvalue weighted by Gasteiger charge is 2.39. The standard InChI is InChI=1S/C12H21NO4/c1-3-15-11(14)13-6-4-5-10(13)9-12(2)16-7-8-17-12/h10H,3-9H2,1-2H3/t10-/m1/s1. The quantitative estimate of drug-likeness (QED) is 0.758. The van der Waals surface area contributed by atoms with Crippen LogP contribution in [0.2, 0.25) is 0 Å². The van der Waals surface area contributed by atoms with Crippen LogP contribution in [-0.4, -0.2) is 49.2 Å². The number of nitrogens with zero attached hydrogens (tertiary/aromatic N) is 1. The lowest BCUT2D eigenvalue weighted by Gasteiger charge is -2.30. The Morgan fingerprint density at radius 2 is 2.18 bits per heavy atom. The predicted octanol–water partition coefficient (Wildman–Crippen LogP) is 1.76. The van der Waals surface area contributed by atoms with E-state index in [-0.39, 0.29) is 12.1 Å². The number of hydrogen-bond donors (Lipinski definition) is 0. The molecule has 0 saturated carbocycles. The van der Waals surface area contributed by atoms with E-state index in [4.69, 9.17) is 14.2 Å². The number of ether oxygens (including phenoxy) is 3. The van der Waals surface area contributed by atoms with Gasteiger partial charge in [0.05, 0.1) is 19.8 Å². The van der Waals surface area contributed by atoms with Gasteiger partial charge >= 0.3 is 6.09 Å². The summed E-state index contributed by atoms with van der Waals surface area (Å²) in [6, 6.07) is 0.178. The molecule has 2 heterocycles. The van der Waals surface area contributed by atoms with Gasteiger partial charge in [0.2, 0.25) is 0 Å². The summed E-state index contributed by atoms with van der Waals surface area (Å²) < 4.78 is 16.2. The molecule has 0 aromatic carbocycles. The summed E-state index contributed by atoms with van der Waals surface area (Å²) in [5.41, 5.74) is 0. The first-order chi connectivity index (χ1) is 8.14. The zero-order valence-corrected chi connectivity index (χ0v) is 10.6. The first-order valence-electron chi connectivity index (χ1n) is 6.36. The van der Waals surface area contributed by atoms with Gasteiger partial charge in [-0.1, -0.05) is 0 Å². The van der Waals surface area contributed by atoms with Crippen LogP contribution in [0.25, 0.3) is 0 Å². The van der Waals surface area contributed by atoms with Gasteiger partial charge in [-0.2, -0.15) is 0 Å². The number of likely N-dealkylation sites (tertiary alicyclic amines) is 1. The number of amides is 1. The maximum Gasteiger partial charge on any atom is 0.409 e. The van der Waals surface area contributed by atoms with E-state index in [0.717, 1.165) is 25.8 Å². The normalized spacial score (nSPS) is 27.4. The van der Waals surface area contributed by atoms with E-state index in [1.807, 2.05) is 13.8 Å². The second kappa shape index (κ2) is 5.23. The molecule has 0 radical (unpaired) electrons. The molecule has 0 aromatic heterocycles. The van der Waals surface area contributed by atoms with Gasteiger partial charge in [0.15, 0.2) is 5.79 Å². The molecule has 0 spiro atoms. The molecule has 5 nitrogen and oxygen atoms in total. The molecule has 1 atom stereocenters. The minimum Gasteiger partial charge on any atom is -0.450 e. The molecule has 2 rings (SSSR count). The summed E-state index contributed by atoms with van der Waals surface area (Å²) in [7, 11) is 0. The van der Waals surface area contributed by atoms with Gasteiger partial charge in [0.1, 0.15) is 0 Å². The Balaban J connectivity index is 1.92. The fourth-order valence-electron chi connectivity index (χ4n) is 2.60. The largest absolute Gasteiger partial charge is 0.450 e. The summed E-state index contributed by atoms with van der Waals surface area (Å²) in [5, 5.41) is 0. The molecule has 0 aromatic rings. The van der Waals surface area contributed by atoms with Crippen molar-refractivity contribution in [1.82, 2.24) is 4.90 Å². The number of hydrogen-bond acceptors (Lipinski definition) is 4. The zero-order valence-electron chi connectivity index (χ0n) is 10.6. The fourth-order valence-corrected chi connectivity index (χ4v) is 2.60. The summed E-state index contributed by atoms with van der Waals surface area (Å²) >= 11 is 0. The summed E-state index contributed by atoms with van der Waals surface area (Å²) in [4.78, 5) is 13.6. The number of rotatable bonds is 3. The van der Waals surface area contributed by atoms with Gasteiger partial charge < -0.3 is 19.1 Å². The molecule has 2 aliphatic rings. The first-order valence-corrected chi connectivity index (χ1v) is 6.36. The Morgan fingerprint density at radius 3 is 2.82 bits per heavy atom. The van der Waals surface area contributed by atoms with E-state index < -0.39 is 5.79 Å². The third-order valence-corrected chi connectivity index (χ3v) is 3.38. The summed E-state index contributed by atoms with van der Waals surface area (Å²) in [6.45, 7) is 6.26. The molecular weight excluding hydrogens is 222 g/mol. The van der Waals surface area contributed by atoms with Gasteiger partial charge in [-0.15, -0.1) is 0 Å². The van der Waals surface area contributed by atoms with E-state index in [2.05, 4.69) is 0 Å². The lowest BCUT2D eigenvalue weighted by Crippen LogP contribution is -2.41. The van der Waals surface area contributed by atoms with Crippen LogP contribution in [0, 0.1) is 0 Å². The van der Waals surface area contributed by atoms with Crippen molar-refractivity contribution < 1.29 is 19.0 Å². The summed E-state index contributed by atoms with van der Waals surface area (Å²) in [5.74, 6) is -0.528. The lowest BCUT2D eigenvalue weighted by atomic mass is 10.1. The highest BCUT2D eigenvalue weighted by atomic mass is 16.7. The van der Waals surface area contributed by atoms with E-state index in [0.29, 0.717) is 19.8 Å². The van der Waals surface area contributed by atoms with Gasteiger partial charge in [-0.05, 0) is 26.7 Å². The van der Waals surface area contributed by atoms with Crippen LogP contribution >= 0.6 is 0 Å². The van der Waals surface area contributed by atoms with E-state index in [9.17, 15) is 4.79 Å². The smallest absolute Gasteiger partial charge is 0.409 e. The van der Waals surface area contributed by atoms with Crippen molar-refractivity contribution in [3.63, 3.8) is 0 Å². The Labute approximate surface area is 102 Å². The van der Waals surface area contributed by atoms with Crippen molar-refractivity contribution in [3.05, 3.63) is 0 Å². The molecule has 0 N–H and O–H groups in total. The average Bonchev–Trinajstić information content (AvgIpc) is 2.88. The molecule has 0 aliphatic carbocycles. The molecule has 98 valence electrons.